The molecule has 0 bridgehead atoms. The van der Waals surface area contributed by atoms with Crippen LogP contribution in [0, 0.1) is 0 Å². The Morgan fingerprint density at radius 3 is 2.62 bits per heavy atom. The summed E-state index contributed by atoms with van der Waals surface area (Å²) in [5.41, 5.74) is 2.00. The molecule has 0 aliphatic rings. The van der Waals surface area contributed by atoms with E-state index in [0.717, 1.165) is 17.5 Å². The van der Waals surface area contributed by atoms with Crippen molar-refractivity contribution in [1.82, 2.24) is 0 Å². The van der Waals surface area contributed by atoms with Crippen LogP contribution >= 0.6 is 0 Å². The highest BCUT2D eigenvalue weighted by Crippen LogP contribution is 2.36. The lowest BCUT2D eigenvalue weighted by Crippen LogP contribution is -2.14. The van der Waals surface area contributed by atoms with Crippen LogP contribution in [0.15, 0.2) is 69.4 Å². The average Bonchev–Trinajstić information content (AvgIpc) is 2.72. The molecule has 29 heavy (non-hydrogen) atoms. The number of nitrogens with zero attached hydrogens (tertiary/aromatic N) is 1. The maximum absolute atomic E-state index is 12.3. The molecule has 6 heteroatoms. The van der Waals surface area contributed by atoms with Crippen molar-refractivity contribution in [3.8, 4) is 11.5 Å². The number of hydrogen-bond acceptors (Lipinski definition) is 6. The normalized spacial score (nSPS) is 11.4. The molecule has 0 radical (unpaired) electrons. The maximum atomic E-state index is 12.3. The highest BCUT2D eigenvalue weighted by molar-refractivity contribution is 5.93. The van der Waals surface area contributed by atoms with Crippen LogP contribution in [0.3, 0.4) is 0 Å². The van der Waals surface area contributed by atoms with Crippen LogP contribution in [0.1, 0.15) is 20.3 Å². The molecular weight excluding hydrogens is 370 g/mol. The van der Waals surface area contributed by atoms with Crippen LogP contribution < -0.4 is 20.0 Å². The van der Waals surface area contributed by atoms with Crippen LogP contribution in [0.4, 0.5) is 11.4 Å². The lowest BCUT2D eigenvalue weighted by Gasteiger charge is -2.22. The minimum Gasteiger partial charge on any atom is -0.493 e. The highest BCUT2D eigenvalue weighted by Gasteiger charge is 2.16. The molecule has 0 atom stereocenters. The molecule has 0 fully saturated rings. The van der Waals surface area contributed by atoms with Crippen molar-refractivity contribution in [2.75, 3.05) is 19.1 Å². The first-order chi connectivity index (χ1) is 13.9. The number of anilines is 2. The van der Waals surface area contributed by atoms with E-state index in [2.05, 4.69) is 0 Å². The standard InChI is InChI=1S/C23H23NO5/c1-5-8-15(2)23(26)29-21-13-16(11-12-20(21)27-4)24(3)18-14-22(25)28-19-10-7-6-9-17(18)19/h6-14H,5H2,1-4H3/b15-8+. The maximum Gasteiger partial charge on any atom is 0.338 e. The van der Waals surface area contributed by atoms with Crippen molar-refractivity contribution in [2.24, 2.45) is 0 Å². The largest absolute Gasteiger partial charge is 0.493 e. The first kappa shape index (κ1) is 20.2. The third-order valence-electron chi connectivity index (χ3n) is 4.56. The molecule has 1 aromatic heterocycles. The van der Waals surface area contributed by atoms with Crippen molar-refractivity contribution in [3.05, 3.63) is 70.6 Å². The van der Waals surface area contributed by atoms with Gasteiger partial charge < -0.3 is 18.8 Å². The number of hydrogen-bond donors (Lipinski definition) is 0. The summed E-state index contributed by atoms with van der Waals surface area (Å²) in [6.45, 7) is 3.66. The van der Waals surface area contributed by atoms with Crippen LogP contribution in [-0.4, -0.2) is 20.1 Å². The van der Waals surface area contributed by atoms with E-state index in [4.69, 9.17) is 13.9 Å². The smallest absolute Gasteiger partial charge is 0.338 e. The minimum absolute atomic E-state index is 0.304. The number of allylic oxidation sites excluding steroid dienone is 1. The van der Waals surface area contributed by atoms with Gasteiger partial charge in [0.2, 0.25) is 0 Å². The second-order valence-corrected chi connectivity index (χ2v) is 6.53. The third kappa shape index (κ3) is 4.32. The molecule has 3 aromatic rings. The number of methoxy groups -OCH3 is 1. The second-order valence-electron chi connectivity index (χ2n) is 6.53. The number of rotatable bonds is 6. The molecule has 1 heterocycles. The van der Waals surface area contributed by atoms with E-state index in [0.29, 0.717) is 28.3 Å². The summed E-state index contributed by atoms with van der Waals surface area (Å²) in [7, 11) is 3.34. The molecule has 3 rings (SSSR count). The van der Waals surface area contributed by atoms with E-state index >= 15 is 0 Å². The lowest BCUT2D eigenvalue weighted by atomic mass is 10.1. The quantitative estimate of drug-likeness (QED) is 0.259. The Kier molecular flexibility index (Phi) is 6.02. The summed E-state index contributed by atoms with van der Waals surface area (Å²) in [4.78, 5) is 26.2. The molecule has 0 spiro atoms. The third-order valence-corrected chi connectivity index (χ3v) is 4.56. The van der Waals surface area contributed by atoms with Gasteiger partial charge in [-0.05, 0) is 37.6 Å². The van der Waals surface area contributed by atoms with Crippen LogP contribution in [0.25, 0.3) is 11.0 Å². The second kappa shape index (κ2) is 8.65. The fourth-order valence-electron chi connectivity index (χ4n) is 3.03. The molecule has 0 saturated heterocycles. The molecule has 0 unspecified atom stereocenters. The van der Waals surface area contributed by atoms with Gasteiger partial charge in [-0.2, -0.15) is 0 Å². The SMILES string of the molecule is CC/C=C(\C)C(=O)Oc1cc(N(C)c2cc(=O)oc3ccccc23)ccc1OC. The van der Waals surface area contributed by atoms with E-state index in [1.165, 1.54) is 13.2 Å². The van der Waals surface area contributed by atoms with Gasteiger partial charge in [0.25, 0.3) is 0 Å². The zero-order valence-electron chi connectivity index (χ0n) is 16.9. The van der Waals surface area contributed by atoms with Gasteiger partial charge in [0.1, 0.15) is 5.58 Å². The van der Waals surface area contributed by atoms with Crippen molar-refractivity contribution >= 4 is 28.3 Å². The summed E-state index contributed by atoms with van der Waals surface area (Å²) < 4.78 is 16.2. The molecule has 0 aliphatic heterocycles. The zero-order chi connectivity index (χ0) is 21.0. The van der Waals surface area contributed by atoms with Gasteiger partial charge in [0, 0.05) is 35.8 Å². The van der Waals surface area contributed by atoms with Crippen LogP contribution in [0.2, 0.25) is 0 Å². The monoisotopic (exact) mass is 393 g/mol. The van der Waals surface area contributed by atoms with Gasteiger partial charge in [0.15, 0.2) is 11.5 Å². The summed E-state index contributed by atoms with van der Waals surface area (Å²) in [6, 6.07) is 14.0. The fraction of sp³-hybridized carbons (Fsp3) is 0.217. The van der Waals surface area contributed by atoms with Crippen molar-refractivity contribution in [3.63, 3.8) is 0 Å². The number of fused-ring (bicyclic) bond motifs is 1. The number of benzene rings is 2. The number of ether oxygens (including phenoxy) is 2. The molecule has 0 N–H and O–H groups in total. The van der Waals surface area contributed by atoms with Gasteiger partial charge >= 0.3 is 11.6 Å². The van der Waals surface area contributed by atoms with Crippen molar-refractivity contribution in [2.45, 2.75) is 20.3 Å². The molecule has 2 aromatic carbocycles. The topological polar surface area (TPSA) is 69.0 Å². The summed E-state index contributed by atoms with van der Waals surface area (Å²) in [5, 5.41) is 0.797. The first-order valence-corrected chi connectivity index (χ1v) is 9.28. The predicted molar refractivity (Wildman–Crippen MR) is 113 cm³/mol. The Morgan fingerprint density at radius 1 is 1.14 bits per heavy atom. The zero-order valence-corrected chi connectivity index (χ0v) is 16.9. The van der Waals surface area contributed by atoms with E-state index in [-0.39, 0.29) is 0 Å². The van der Waals surface area contributed by atoms with Crippen LogP contribution in [-0.2, 0) is 4.79 Å². The van der Waals surface area contributed by atoms with Crippen LogP contribution in [0.5, 0.6) is 11.5 Å². The molecule has 0 aliphatic carbocycles. The Labute approximate surface area is 169 Å². The molecule has 0 saturated carbocycles. The number of carbonyl (C=O) groups excluding carboxylic acids is 1. The molecule has 150 valence electrons. The lowest BCUT2D eigenvalue weighted by molar-refractivity contribution is -0.130. The Morgan fingerprint density at radius 2 is 1.90 bits per heavy atom. The van der Waals surface area contributed by atoms with Gasteiger partial charge in [0.05, 0.1) is 12.8 Å². The number of para-hydroxylation sites is 1. The number of carbonyl (C=O) groups is 1. The Hall–Kier alpha value is -3.54. The van der Waals surface area contributed by atoms with Gasteiger partial charge in [-0.1, -0.05) is 25.1 Å². The molecule has 0 amide bonds. The molecular formula is C23H23NO5. The van der Waals surface area contributed by atoms with E-state index in [1.54, 1.807) is 31.2 Å². The van der Waals surface area contributed by atoms with E-state index in [1.807, 2.05) is 43.1 Å². The Bertz CT molecular complexity index is 1130. The van der Waals surface area contributed by atoms with Crippen molar-refractivity contribution in [1.29, 1.82) is 0 Å². The summed E-state index contributed by atoms with van der Waals surface area (Å²) in [5.74, 6) is 0.311. The van der Waals surface area contributed by atoms with Gasteiger partial charge in [-0.15, -0.1) is 0 Å². The predicted octanol–water partition coefficient (Wildman–Crippen LogP) is 4.83. The first-order valence-electron chi connectivity index (χ1n) is 9.28. The van der Waals surface area contributed by atoms with E-state index < -0.39 is 11.6 Å². The average molecular weight is 393 g/mol. The Balaban J connectivity index is 2.03. The minimum atomic E-state index is -0.439. The number of esters is 1. The van der Waals surface area contributed by atoms with Gasteiger partial charge in [-0.3, -0.25) is 0 Å². The summed E-state index contributed by atoms with van der Waals surface area (Å²) >= 11 is 0. The van der Waals surface area contributed by atoms with Crippen molar-refractivity contribution < 1.29 is 18.7 Å². The summed E-state index contributed by atoms with van der Waals surface area (Å²) in [6.07, 6.45) is 2.55. The fourth-order valence-corrected chi connectivity index (χ4v) is 3.03. The van der Waals surface area contributed by atoms with Gasteiger partial charge in [-0.25, -0.2) is 9.59 Å². The highest BCUT2D eigenvalue weighted by atomic mass is 16.6. The molecule has 6 nitrogen and oxygen atoms in total. The van der Waals surface area contributed by atoms with E-state index in [9.17, 15) is 9.59 Å².